The van der Waals surface area contributed by atoms with Crippen LogP contribution in [0.4, 0.5) is 0 Å². The van der Waals surface area contributed by atoms with Gasteiger partial charge in [-0.3, -0.25) is 4.79 Å². The van der Waals surface area contributed by atoms with Crippen molar-refractivity contribution in [2.24, 2.45) is 5.73 Å². The number of aromatic nitrogens is 1. The van der Waals surface area contributed by atoms with Gasteiger partial charge >= 0.3 is 0 Å². The Labute approximate surface area is 109 Å². The molecule has 2 aromatic rings. The molecule has 0 bridgehead atoms. The Morgan fingerprint density at radius 2 is 2.28 bits per heavy atom. The number of nitrogens with two attached hydrogens (primary N) is 1. The van der Waals surface area contributed by atoms with Gasteiger partial charge in [0.2, 0.25) is 5.91 Å². The lowest BCUT2D eigenvalue weighted by atomic mass is 10.1. The molecule has 18 heavy (non-hydrogen) atoms. The van der Waals surface area contributed by atoms with E-state index in [-0.39, 0.29) is 0 Å². The number of hydrogen-bond donors (Lipinski definition) is 2. The minimum absolute atomic E-state index is 0.395. The highest BCUT2D eigenvalue weighted by Crippen LogP contribution is 2.25. The first kappa shape index (κ1) is 12.9. The molecule has 0 aliphatic carbocycles. The van der Waals surface area contributed by atoms with Crippen molar-refractivity contribution in [3.8, 4) is 0 Å². The van der Waals surface area contributed by atoms with Crippen molar-refractivity contribution in [3.05, 3.63) is 24.3 Å². The highest BCUT2D eigenvalue weighted by Gasteiger charge is 2.29. The third-order valence-corrected chi connectivity index (χ3v) is 4.00. The highest BCUT2D eigenvalue weighted by atomic mass is 32.2. The molecule has 0 spiro atoms. The van der Waals surface area contributed by atoms with Crippen molar-refractivity contribution in [3.63, 3.8) is 0 Å². The van der Waals surface area contributed by atoms with Gasteiger partial charge in [-0.15, -0.1) is 0 Å². The van der Waals surface area contributed by atoms with Gasteiger partial charge in [0.15, 0.2) is 5.58 Å². The van der Waals surface area contributed by atoms with Gasteiger partial charge in [0, 0.05) is 5.75 Å². The third-order valence-electron chi connectivity index (χ3n) is 2.85. The lowest BCUT2D eigenvalue weighted by Crippen LogP contribution is -2.53. The first-order chi connectivity index (χ1) is 8.55. The number of hydrogen-bond acceptors (Lipinski definition) is 5. The summed E-state index contributed by atoms with van der Waals surface area (Å²) < 4.78 is 5.56. The zero-order valence-electron chi connectivity index (χ0n) is 10.3. The Bertz CT molecular complexity index is 536. The maximum absolute atomic E-state index is 11.3. The third kappa shape index (κ3) is 2.49. The van der Waals surface area contributed by atoms with Crippen LogP contribution >= 0.6 is 11.8 Å². The number of nitrogens with zero attached hydrogens (tertiary/aromatic N) is 1. The number of likely N-dealkylation sites (N-methyl/N-ethyl adjacent to an activating group) is 1. The fourth-order valence-electron chi connectivity index (χ4n) is 1.39. The van der Waals surface area contributed by atoms with Crippen molar-refractivity contribution in [2.75, 3.05) is 12.8 Å². The molecule has 1 atom stereocenters. The van der Waals surface area contributed by atoms with Gasteiger partial charge in [-0.05, 0) is 26.1 Å². The van der Waals surface area contributed by atoms with Gasteiger partial charge < -0.3 is 15.5 Å². The second-order valence-corrected chi connectivity index (χ2v) is 5.11. The first-order valence-electron chi connectivity index (χ1n) is 5.52. The predicted molar refractivity (Wildman–Crippen MR) is 71.4 cm³/mol. The number of para-hydroxylation sites is 2. The van der Waals surface area contributed by atoms with Crippen molar-refractivity contribution < 1.29 is 9.21 Å². The fourth-order valence-corrected chi connectivity index (χ4v) is 2.40. The largest absolute Gasteiger partial charge is 0.431 e. The van der Waals surface area contributed by atoms with E-state index < -0.39 is 11.4 Å². The number of fused-ring (bicyclic) bond motifs is 1. The van der Waals surface area contributed by atoms with E-state index in [9.17, 15) is 4.79 Å². The predicted octanol–water partition coefficient (Wildman–Crippen LogP) is 1.38. The number of carbonyl (C=O) groups excluding carboxylic acids is 1. The van der Waals surface area contributed by atoms with Crippen LogP contribution in [0.2, 0.25) is 0 Å². The summed E-state index contributed by atoms with van der Waals surface area (Å²) in [6.45, 7) is 1.75. The Morgan fingerprint density at radius 1 is 1.56 bits per heavy atom. The zero-order valence-corrected chi connectivity index (χ0v) is 11.1. The molecule has 1 aromatic heterocycles. The summed E-state index contributed by atoms with van der Waals surface area (Å²) in [7, 11) is 1.71. The van der Waals surface area contributed by atoms with E-state index in [4.69, 9.17) is 10.2 Å². The topological polar surface area (TPSA) is 81.2 Å². The Hall–Kier alpha value is -1.53. The van der Waals surface area contributed by atoms with Crippen LogP contribution in [0, 0.1) is 0 Å². The average molecular weight is 265 g/mol. The lowest BCUT2D eigenvalue weighted by Gasteiger charge is -2.23. The molecule has 96 valence electrons. The number of rotatable bonds is 5. The van der Waals surface area contributed by atoms with Gasteiger partial charge in [-0.1, -0.05) is 23.9 Å². The number of thioether (sulfide) groups is 1. The second-order valence-electron chi connectivity index (χ2n) is 4.18. The van der Waals surface area contributed by atoms with Crippen molar-refractivity contribution in [1.82, 2.24) is 10.3 Å². The SMILES string of the molecule is CNC(C)(CSc1nc2ccccc2o1)C(N)=O. The maximum atomic E-state index is 11.3. The molecule has 0 aliphatic heterocycles. The van der Waals surface area contributed by atoms with Crippen LogP contribution in [-0.4, -0.2) is 29.2 Å². The number of amides is 1. The summed E-state index contributed by atoms with van der Waals surface area (Å²) in [5, 5.41) is 3.46. The molecule has 1 amide bonds. The number of carbonyl (C=O) groups is 1. The van der Waals surface area contributed by atoms with E-state index >= 15 is 0 Å². The molecule has 5 nitrogen and oxygen atoms in total. The molecule has 0 saturated carbocycles. The molecule has 0 saturated heterocycles. The zero-order chi connectivity index (χ0) is 13.2. The standard InChI is InChI=1S/C12H15N3O2S/c1-12(14-2,10(13)16)7-18-11-15-8-5-3-4-6-9(8)17-11/h3-6,14H,7H2,1-2H3,(H2,13,16). The van der Waals surface area contributed by atoms with Crippen LogP contribution in [0.1, 0.15) is 6.92 Å². The number of benzene rings is 1. The number of nitrogens with one attached hydrogen (secondary N) is 1. The van der Waals surface area contributed by atoms with Gasteiger partial charge in [-0.2, -0.15) is 0 Å². The van der Waals surface area contributed by atoms with E-state index in [0.29, 0.717) is 11.0 Å². The molecule has 0 fully saturated rings. The van der Waals surface area contributed by atoms with E-state index in [1.807, 2.05) is 24.3 Å². The maximum Gasteiger partial charge on any atom is 0.256 e. The fraction of sp³-hybridized carbons (Fsp3) is 0.333. The summed E-state index contributed by atoms with van der Waals surface area (Å²) in [6.07, 6.45) is 0. The number of oxazole rings is 1. The molecular formula is C12H15N3O2S. The lowest BCUT2D eigenvalue weighted by molar-refractivity contribution is -0.122. The number of primary amides is 1. The quantitative estimate of drug-likeness (QED) is 0.798. The van der Waals surface area contributed by atoms with Gasteiger partial charge in [-0.25, -0.2) is 4.98 Å². The van der Waals surface area contributed by atoms with Crippen LogP contribution in [0.3, 0.4) is 0 Å². The Balaban J connectivity index is 2.12. The van der Waals surface area contributed by atoms with E-state index in [1.165, 1.54) is 11.8 Å². The van der Waals surface area contributed by atoms with Crippen LogP contribution in [-0.2, 0) is 4.79 Å². The summed E-state index contributed by atoms with van der Waals surface area (Å²) in [6, 6.07) is 7.54. The van der Waals surface area contributed by atoms with E-state index in [2.05, 4.69) is 10.3 Å². The van der Waals surface area contributed by atoms with Gasteiger partial charge in [0.25, 0.3) is 5.22 Å². The van der Waals surface area contributed by atoms with Crippen LogP contribution < -0.4 is 11.1 Å². The molecule has 0 radical (unpaired) electrons. The van der Waals surface area contributed by atoms with E-state index in [0.717, 1.165) is 11.1 Å². The average Bonchev–Trinajstić information content (AvgIpc) is 2.78. The molecule has 0 aliphatic rings. The second kappa shape index (κ2) is 4.99. The highest BCUT2D eigenvalue weighted by molar-refractivity contribution is 7.99. The van der Waals surface area contributed by atoms with Crippen molar-refractivity contribution in [1.29, 1.82) is 0 Å². The smallest absolute Gasteiger partial charge is 0.256 e. The summed E-state index contributed by atoms with van der Waals surface area (Å²) in [5.41, 5.74) is 6.13. The molecule has 1 heterocycles. The first-order valence-corrected chi connectivity index (χ1v) is 6.51. The molecule has 2 rings (SSSR count). The van der Waals surface area contributed by atoms with Crippen LogP contribution in [0.5, 0.6) is 0 Å². The normalized spacial score (nSPS) is 14.6. The van der Waals surface area contributed by atoms with Gasteiger partial charge in [0.05, 0.1) is 0 Å². The van der Waals surface area contributed by atoms with Crippen molar-refractivity contribution in [2.45, 2.75) is 17.7 Å². The molecule has 6 heteroatoms. The molecule has 1 unspecified atom stereocenters. The summed E-state index contributed by atoms with van der Waals surface area (Å²) in [4.78, 5) is 15.7. The van der Waals surface area contributed by atoms with Crippen LogP contribution in [0.15, 0.2) is 33.9 Å². The van der Waals surface area contributed by atoms with Crippen molar-refractivity contribution >= 4 is 28.8 Å². The van der Waals surface area contributed by atoms with Gasteiger partial charge in [0.1, 0.15) is 11.1 Å². The molecule has 3 N–H and O–H groups in total. The Kier molecular flexibility index (Phi) is 3.58. The minimum Gasteiger partial charge on any atom is -0.431 e. The van der Waals surface area contributed by atoms with Crippen LogP contribution in [0.25, 0.3) is 11.1 Å². The minimum atomic E-state index is -0.772. The summed E-state index contributed by atoms with van der Waals surface area (Å²) >= 11 is 1.36. The summed E-state index contributed by atoms with van der Waals surface area (Å²) in [5.74, 6) is 0.0691. The molecular weight excluding hydrogens is 250 g/mol. The van der Waals surface area contributed by atoms with E-state index in [1.54, 1.807) is 14.0 Å². The molecule has 1 aromatic carbocycles. The Morgan fingerprint density at radius 3 is 2.89 bits per heavy atom. The monoisotopic (exact) mass is 265 g/mol.